The van der Waals surface area contributed by atoms with Crippen molar-refractivity contribution in [2.24, 2.45) is 7.05 Å². The van der Waals surface area contributed by atoms with E-state index in [9.17, 15) is 0 Å². The monoisotopic (exact) mass is 291 g/mol. The highest BCUT2D eigenvalue weighted by Gasteiger charge is 2.20. The number of benzene rings is 1. The largest absolute Gasteiger partial charge is 0.365 e. The van der Waals surface area contributed by atoms with Gasteiger partial charge in [-0.25, -0.2) is 15.0 Å². The van der Waals surface area contributed by atoms with Crippen LogP contribution in [0, 0.1) is 0 Å². The van der Waals surface area contributed by atoms with E-state index in [1.54, 1.807) is 6.33 Å². The van der Waals surface area contributed by atoms with Gasteiger partial charge in [0.05, 0.1) is 18.6 Å². The first-order valence-electron chi connectivity index (χ1n) is 7.40. The molecule has 0 bridgehead atoms. The van der Waals surface area contributed by atoms with Crippen LogP contribution in [0.4, 0.5) is 5.69 Å². The first-order chi connectivity index (χ1) is 10.8. The first-order valence-corrected chi connectivity index (χ1v) is 7.40. The first kappa shape index (κ1) is 13.0. The summed E-state index contributed by atoms with van der Waals surface area (Å²) in [6, 6.07) is 6.61. The number of rotatable bonds is 3. The molecule has 1 aromatic carbocycles. The minimum atomic E-state index is 0.850. The van der Waals surface area contributed by atoms with Crippen LogP contribution >= 0.6 is 0 Å². The second-order valence-electron chi connectivity index (χ2n) is 5.67. The molecule has 0 fully saturated rings. The number of anilines is 1. The van der Waals surface area contributed by atoms with Gasteiger partial charge in [-0.1, -0.05) is 12.1 Å². The van der Waals surface area contributed by atoms with Crippen LogP contribution in [-0.2, 0) is 20.0 Å². The van der Waals surface area contributed by atoms with Crippen molar-refractivity contribution in [1.82, 2.24) is 19.5 Å². The summed E-state index contributed by atoms with van der Waals surface area (Å²) in [6.07, 6.45) is 10.3. The lowest BCUT2D eigenvalue weighted by atomic mass is 10.0. The van der Waals surface area contributed by atoms with Crippen molar-refractivity contribution >= 4 is 5.69 Å². The van der Waals surface area contributed by atoms with E-state index in [2.05, 4.69) is 44.2 Å². The van der Waals surface area contributed by atoms with Crippen LogP contribution < -0.4 is 4.90 Å². The van der Waals surface area contributed by atoms with Crippen molar-refractivity contribution in [3.05, 3.63) is 60.7 Å². The highest BCUT2D eigenvalue weighted by molar-refractivity contribution is 5.71. The molecule has 1 aliphatic heterocycles. The van der Waals surface area contributed by atoms with E-state index in [4.69, 9.17) is 0 Å². The maximum absolute atomic E-state index is 4.43. The van der Waals surface area contributed by atoms with Crippen molar-refractivity contribution in [1.29, 1.82) is 0 Å². The molecule has 5 heteroatoms. The summed E-state index contributed by atoms with van der Waals surface area (Å²) >= 11 is 0. The Labute approximate surface area is 129 Å². The normalized spacial score (nSPS) is 13.4. The molecule has 4 rings (SSSR count). The molecule has 110 valence electrons. The fraction of sp³-hybridized carbons (Fsp3) is 0.235. The third kappa shape index (κ3) is 2.35. The predicted molar refractivity (Wildman–Crippen MR) is 85.4 cm³/mol. The Balaban J connectivity index is 1.65. The molecule has 3 aromatic rings. The molecule has 5 nitrogen and oxygen atoms in total. The summed E-state index contributed by atoms with van der Waals surface area (Å²) in [6.45, 7) is 1.89. The minimum absolute atomic E-state index is 0.850. The van der Waals surface area contributed by atoms with Crippen LogP contribution in [-0.4, -0.2) is 26.1 Å². The molecule has 0 amide bonds. The van der Waals surface area contributed by atoms with Crippen LogP contribution in [0.15, 0.2) is 49.4 Å². The van der Waals surface area contributed by atoms with Crippen LogP contribution in [0.5, 0.6) is 0 Å². The number of aryl methyl sites for hydroxylation is 1. The van der Waals surface area contributed by atoms with E-state index < -0.39 is 0 Å². The van der Waals surface area contributed by atoms with Gasteiger partial charge in [0.15, 0.2) is 0 Å². The van der Waals surface area contributed by atoms with Gasteiger partial charge in [0.25, 0.3) is 0 Å². The van der Waals surface area contributed by atoms with Crippen LogP contribution in [0.25, 0.3) is 11.1 Å². The van der Waals surface area contributed by atoms with Crippen molar-refractivity contribution in [3.63, 3.8) is 0 Å². The third-order valence-corrected chi connectivity index (χ3v) is 4.08. The highest BCUT2D eigenvalue weighted by Crippen LogP contribution is 2.33. The minimum Gasteiger partial charge on any atom is -0.365 e. The number of aromatic nitrogens is 4. The molecule has 0 spiro atoms. The molecule has 0 unspecified atom stereocenters. The molecule has 3 heterocycles. The SMILES string of the molecule is Cn1cnc(CN2CCc3ccc(-c4cncnc4)cc32)c1. The molecule has 0 atom stereocenters. The second-order valence-corrected chi connectivity index (χ2v) is 5.67. The Morgan fingerprint density at radius 3 is 2.77 bits per heavy atom. The Bertz CT molecular complexity index is 794. The predicted octanol–water partition coefficient (Wildman–Crippen LogP) is 2.44. The summed E-state index contributed by atoms with van der Waals surface area (Å²) in [7, 11) is 2.00. The third-order valence-electron chi connectivity index (χ3n) is 4.08. The van der Waals surface area contributed by atoms with Gasteiger partial charge < -0.3 is 9.47 Å². The molecule has 1 aliphatic rings. The molecule has 0 N–H and O–H groups in total. The van der Waals surface area contributed by atoms with Crippen molar-refractivity contribution < 1.29 is 0 Å². The second kappa shape index (κ2) is 5.26. The van der Waals surface area contributed by atoms with Crippen LogP contribution in [0.3, 0.4) is 0 Å². The molecule has 0 saturated heterocycles. The number of hydrogen-bond acceptors (Lipinski definition) is 4. The van der Waals surface area contributed by atoms with E-state index in [0.717, 1.165) is 36.3 Å². The smallest absolute Gasteiger partial charge is 0.115 e. The molecule has 22 heavy (non-hydrogen) atoms. The topological polar surface area (TPSA) is 46.8 Å². The number of hydrogen-bond donors (Lipinski definition) is 0. The zero-order valence-electron chi connectivity index (χ0n) is 12.5. The van der Waals surface area contributed by atoms with Gasteiger partial charge >= 0.3 is 0 Å². The Kier molecular flexibility index (Phi) is 3.11. The van der Waals surface area contributed by atoms with Crippen LogP contribution in [0.2, 0.25) is 0 Å². The fourth-order valence-electron chi connectivity index (χ4n) is 2.98. The van der Waals surface area contributed by atoms with Crippen molar-refractivity contribution in [2.75, 3.05) is 11.4 Å². The summed E-state index contributed by atoms with van der Waals surface area (Å²) in [5, 5.41) is 0. The molecule has 0 saturated carbocycles. The van der Waals surface area contributed by atoms with E-state index in [-0.39, 0.29) is 0 Å². The Hall–Kier alpha value is -2.69. The van der Waals surface area contributed by atoms with Gasteiger partial charge in [-0.2, -0.15) is 0 Å². The summed E-state index contributed by atoms with van der Waals surface area (Å²) in [5.41, 5.74) is 6.01. The van der Waals surface area contributed by atoms with Gasteiger partial charge in [0.2, 0.25) is 0 Å². The lowest BCUT2D eigenvalue weighted by molar-refractivity contribution is 0.818. The number of imidazole rings is 1. The van der Waals surface area contributed by atoms with Crippen LogP contribution in [0.1, 0.15) is 11.3 Å². The van der Waals surface area contributed by atoms with Crippen molar-refractivity contribution in [2.45, 2.75) is 13.0 Å². The maximum Gasteiger partial charge on any atom is 0.115 e. The van der Waals surface area contributed by atoms with Gasteiger partial charge in [-0.3, -0.25) is 0 Å². The van der Waals surface area contributed by atoms with Crippen molar-refractivity contribution in [3.8, 4) is 11.1 Å². The van der Waals surface area contributed by atoms with Gasteiger partial charge in [-0.05, 0) is 23.6 Å². The lowest BCUT2D eigenvalue weighted by Gasteiger charge is -2.18. The van der Waals surface area contributed by atoms with E-state index in [0.29, 0.717) is 0 Å². The van der Waals surface area contributed by atoms with Gasteiger partial charge in [0, 0.05) is 43.4 Å². The zero-order valence-corrected chi connectivity index (χ0v) is 12.5. The Morgan fingerprint density at radius 1 is 1.14 bits per heavy atom. The molecular formula is C17H17N5. The molecule has 0 radical (unpaired) electrons. The average molecular weight is 291 g/mol. The molecular weight excluding hydrogens is 274 g/mol. The molecule has 2 aromatic heterocycles. The summed E-state index contributed by atoms with van der Waals surface area (Å²) in [5.74, 6) is 0. The molecule has 0 aliphatic carbocycles. The average Bonchev–Trinajstić information content (AvgIpc) is 3.15. The van der Waals surface area contributed by atoms with E-state index in [1.807, 2.05) is 30.3 Å². The van der Waals surface area contributed by atoms with E-state index >= 15 is 0 Å². The van der Waals surface area contributed by atoms with Gasteiger partial charge in [0.1, 0.15) is 6.33 Å². The zero-order chi connectivity index (χ0) is 14.9. The fourth-order valence-corrected chi connectivity index (χ4v) is 2.98. The highest BCUT2D eigenvalue weighted by atomic mass is 15.2. The Morgan fingerprint density at radius 2 is 2.00 bits per heavy atom. The number of fused-ring (bicyclic) bond motifs is 1. The number of nitrogens with zero attached hydrogens (tertiary/aromatic N) is 5. The lowest BCUT2D eigenvalue weighted by Crippen LogP contribution is -2.19. The standard InChI is InChI=1S/C17H17N5/c1-21-9-16(20-12-21)10-22-5-4-13-2-3-14(6-17(13)22)15-7-18-11-19-8-15/h2-3,6-9,11-12H,4-5,10H2,1H3. The summed E-state index contributed by atoms with van der Waals surface area (Å²) in [4.78, 5) is 15.0. The van der Waals surface area contributed by atoms with E-state index in [1.165, 1.54) is 11.3 Å². The maximum atomic E-state index is 4.43. The quantitative estimate of drug-likeness (QED) is 0.743. The summed E-state index contributed by atoms with van der Waals surface area (Å²) < 4.78 is 1.99. The van der Waals surface area contributed by atoms with Gasteiger partial charge in [-0.15, -0.1) is 0 Å².